The van der Waals surface area contributed by atoms with Crippen molar-refractivity contribution in [2.75, 3.05) is 5.32 Å². The molecule has 0 aliphatic rings. The third-order valence-corrected chi connectivity index (χ3v) is 4.43. The molecule has 0 spiro atoms. The van der Waals surface area contributed by atoms with Crippen molar-refractivity contribution in [2.45, 2.75) is 12.7 Å². The number of halogens is 6. The average molecular weight is 443 g/mol. The van der Waals surface area contributed by atoms with E-state index in [0.717, 1.165) is 16.1 Å². The molecule has 2 aromatic rings. The molecule has 2 rings (SSSR count). The Morgan fingerprint density at radius 3 is 2.33 bits per heavy atom. The summed E-state index contributed by atoms with van der Waals surface area (Å²) in [6.07, 6.45) is -4.39. The van der Waals surface area contributed by atoms with Gasteiger partial charge in [0.1, 0.15) is 0 Å². The molecule has 0 amide bonds. The minimum atomic E-state index is -4.39. The smallest absolute Gasteiger partial charge is 0.381 e. The molecule has 1 N–H and O–H groups in total. The maximum atomic E-state index is 12.8. The highest BCUT2D eigenvalue weighted by molar-refractivity contribution is 9.10. The Morgan fingerprint density at radius 1 is 1.00 bits per heavy atom. The van der Waals surface area contributed by atoms with Gasteiger partial charge in [-0.3, -0.25) is 0 Å². The number of alkyl halides is 3. The number of rotatable bonds is 3. The van der Waals surface area contributed by atoms with E-state index in [-0.39, 0.29) is 4.47 Å². The van der Waals surface area contributed by atoms with Crippen LogP contribution in [-0.2, 0) is 12.7 Å². The minimum absolute atomic E-state index is 0.0215. The van der Waals surface area contributed by atoms with Crippen LogP contribution in [0.1, 0.15) is 11.1 Å². The molecule has 1 nitrogen and oxygen atoms in total. The lowest BCUT2D eigenvalue weighted by Crippen LogP contribution is -2.08. The fraction of sp³-hybridized carbons (Fsp3) is 0.143. The molecular weight excluding hydrogens is 434 g/mol. The lowest BCUT2D eigenvalue weighted by Gasteiger charge is -2.13. The van der Waals surface area contributed by atoms with Crippen LogP contribution in [0.15, 0.2) is 45.3 Å². The van der Waals surface area contributed by atoms with Gasteiger partial charge < -0.3 is 5.32 Å². The van der Waals surface area contributed by atoms with Crippen molar-refractivity contribution >= 4 is 49.1 Å². The van der Waals surface area contributed by atoms with Crippen LogP contribution < -0.4 is 5.32 Å². The van der Waals surface area contributed by atoms with Crippen molar-refractivity contribution in [2.24, 2.45) is 0 Å². The van der Waals surface area contributed by atoms with Gasteiger partial charge in [-0.05, 0) is 35.9 Å². The Bertz CT molecular complexity index is 659. The Kier molecular flexibility index (Phi) is 5.22. The highest BCUT2D eigenvalue weighted by Gasteiger charge is 2.33. The molecule has 0 fully saturated rings. The topological polar surface area (TPSA) is 12.0 Å². The van der Waals surface area contributed by atoms with Gasteiger partial charge in [-0.25, -0.2) is 0 Å². The second-order valence-electron chi connectivity index (χ2n) is 4.28. The maximum Gasteiger partial charge on any atom is 0.417 e. The monoisotopic (exact) mass is 441 g/mol. The van der Waals surface area contributed by atoms with Crippen LogP contribution in [0.4, 0.5) is 18.9 Å². The van der Waals surface area contributed by atoms with E-state index in [1.807, 2.05) is 6.07 Å². The Hall–Kier alpha value is -0.720. The average Bonchev–Trinajstić information content (AvgIpc) is 2.38. The molecule has 0 aromatic heterocycles. The van der Waals surface area contributed by atoms with Gasteiger partial charge in [0, 0.05) is 26.2 Å². The van der Waals surface area contributed by atoms with Gasteiger partial charge in [-0.1, -0.05) is 49.5 Å². The van der Waals surface area contributed by atoms with Crippen LogP contribution in [0.3, 0.4) is 0 Å². The van der Waals surface area contributed by atoms with Crippen LogP contribution in [0.25, 0.3) is 0 Å². The van der Waals surface area contributed by atoms with Gasteiger partial charge in [0.05, 0.1) is 5.56 Å². The molecule has 0 heterocycles. The fourth-order valence-electron chi connectivity index (χ4n) is 1.71. The molecule has 2 aromatic carbocycles. The number of nitrogens with one attached hydrogen (secondary N) is 1. The van der Waals surface area contributed by atoms with Gasteiger partial charge in [0.2, 0.25) is 0 Å². The van der Waals surface area contributed by atoms with Gasteiger partial charge in [-0.2, -0.15) is 13.2 Å². The van der Waals surface area contributed by atoms with Crippen molar-refractivity contribution < 1.29 is 13.2 Å². The Morgan fingerprint density at radius 2 is 1.71 bits per heavy atom. The van der Waals surface area contributed by atoms with E-state index in [9.17, 15) is 13.2 Å². The Balaban J connectivity index is 2.17. The normalized spacial score (nSPS) is 11.5. The molecule has 0 unspecified atom stereocenters. The predicted octanol–water partition coefficient (Wildman–Crippen LogP) is 6.50. The summed E-state index contributed by atoms with van der Waals surface area (Å²) in [7, 11) is 0. The molecule has 0 aliphatic carbocycles. The minimum Gasteiger partial charge on any atom is -0.381 e. The largest absolute Gasteiger partial charge is 0.417 e. The first-order valence-electron chi connectivity index (χ1n) is 5.82. The van der Waals surface area contributed by atoms with Crippen LogP contribution in [-0.4, -0.2) is 0 Å². The summed E-state index contributed by atoms with van der Waals surface area (Å²) in [5, 5.41) is 3.56. The summed E-state index contributed by atoms with van der Waals surface area (Å²) in [5.74, 6) is 0. The zero-order valence-corrected chi connectivity index (χ0v) is 14.4. The molecule has 0 saturated carbocycles. The third kappa shape index (κ3) is 4.37. The van der Waals surface area contributed by atoms with E-state index < -0.39 is 11.7 Å². The first-order valence-corrected chi connectivity index (χ1v) is 7.78. The summed E-state index contributed by atoms with van der Waals surface area (Å²) >= 11 is 12.1. The molecule has 0 radical (unpaired) electrons. The molecule has 112 valence electrons. The first-order chi connectivity index (χ1) is 9.77. The van der Waals surface area contributed by atoms with E-state index in [0.29, 0.717) is 17.3 Å². The lowest BCUT2D eigenvalue weighted by molar-refractivity contribution is -0.138. The lowest BCUT2D eigenvalue weighted by atomic mass is 10.1. The highest BCUT2D eigenvalue weighted by atomic mass is 79.9. The molecule has 7 heteroatoms. The highest BCUT2D eigenvalue weighted by Crippen LogP contribution is 2.36. The quantitative estimate of drug-likeness (QED) is 0.571. The van der Waals surface area contributed by atoms with E-state index in [2.05, 4.69) is 37.2 Å². The van der Waals surface area contributed by atoms with Crippen LogP contribution in [0.5, 0.6) is 0 Å². The second-order valence-corrected chi connectivity index (χ2v) is 6.43. The van der Waals surface area contributed by atoms with Crippen molar-refractivity contribution in [1.82, 2.24) is 0 Å². The SMILES string of the molecule is FC(F)(F)c1cc(NCc2ccc(Cl)cc2Br)ccc1Br. The zero-order chi connectivity index (χ0) is 15.6. The summed E-state index contributed by atoms with van der Waals surface area (Å²) in [6.45, 7) is 0.386. The van der Waals surface area contributed by atoms with E-state index in [1.54, 1.807) is 18.2 Å². The van der Waals surface area contributed by atoms with Crippen LogP contribution in [0, 0.1) is 0 Å². The van der Waals surface area contributed by atoms with Crippen molar-refractivity contribution in [1.29, 1.82) is 0 Å². The first kappa shape index (κ1) is 16.6. The van der Waals surface area contributed by atoms with Crippen molar-refractivity contribution in [3.8, 4) is 0 Å². The fourth-order valence-corrected chi connectivity index (χ4v) is 3.01. The van der Waals surface area contributed by atoms with Crippen LogP contribution >= 0.6 is 43.5 Å². The van der Waals surface area contributed by atoms with E-state index in [4.69, 9.17) is 11.6 Å². The molecule has 0 saturated heterocycles. The maximum absolute atomic E-state index is 12.8. The third-order valence-electron chi connectivity index (χ3n) is 2.77. The van der Waals surface area contributed by atoms with Gasteiger partial charge >= 0.3 is 6.18 Å². The Labute approximate surface area is 141 Å². The molecular formula is C14H9Br2ClF3N. The molecule has 0 bridgehead atoms. The predicted molar refractivity (Wildman–Crippen MR) is 85.6 cm³/mol. The number of anilines is 1. The zero-order valence-electron chi connectivity index (χ0n) is 10.4. The van der Waals surface area contributed by atoms with Crippen molar-refractivity contribution in [3.63, 3.8) is 0 Å². The number of hydrogen-bond acceptors (Lipinski definition) is 1. The number of hydrogen-bond donors (Lipinski definition) is 1. The molecule has 0 aliphatic heterocycles. The van der Waals surface area contributed by atoms with Crippen LogP contribution in [0.2, 0.25) is 5.02 Å². The summed E-state index contributed by atoms with van der Waals surface area (Å²) in [4.78, 5) is 0. The number of benzene rings is 2. The second kappa shape index (κ2) is 6.58. The molecule has 21 heavy (non-hydrogen) atoms. The van der Waals surface area contributed by atoms with Crippen molar-refractivity contribution in [3.05, 3.63) is 61.5 Å². The van der Waals surface area contributed by atoms with E-state index in [1.165, 1.54) is 6.07 Å². The van der Waals surface area contributed by atoms with Gasteiger partial charge in [-0.15, -0.1) is 0 Å². The standard InChI is InChI=1S/C14H9Br2ClF3N/c15-12-4-3-10(6-11(12)14(18,19)20)21-7-8-1-2-9(17)5-13(8)16/h1-6,21H,7H2. The summed E-state index contributed by atoms with van der Waals surface area (Å²) in [5.41, 5.74) is 0.589. The van der Waals surface area contributed by atoms with Gasteiger partial charge in [0.15, 0.2) is 0 Å². The van der Waals surface area contributed by atoms with Gasteiger partial charge in [0.25, 0.3) is 0 Å². The van der Waals surface area contributed by atoms with E-state index >= 15 is 0 Å². The summed E-state index contributed by atoms with van der Waals surface area (Å²) in [6, 6.07) is 9.31. The molecule has 0 atom stereocenters. The summed E-state index contributed by atoms with van der Waals surface area (Å²) < 4.78 is 39.3.